The number of fused-ring (bicyclic) bond motifs is 2. The van der Waals surface area contributed by atoms with Gasteiger partial charge in [-0.3, -0.25) is 4.79 Å². The van der Waals surface area contributed by atoms with Gasteiger partial charge in [0.25, 0.3) is 5.91 Å². The van der Waals surface area contributed by atoms with E-state index < -0.39 is 15.6 Å². The van der Waals surface area contributed by atoms with Gasteiger partial charge in [-0.05, 0) is 106 Å². The molecule has 5 atom stereocenters. The number of nitrogens with zero attached hydrogens (tertiary/aromatic N) is 2. The summed E-state index contributed by atoms with van der Waals surface area (Å²) < 4.78 is 31.6. The zero-order chi connectivity index (χ0) is 24.8. The molecule has 3 bridgehead atoms. The summed E-state index contributed by atoms with van der Waals surface area (Å²) in [7, 11) is -1.18. The van der Waals surface area contributed by atoms with Gasteiger partial charge in [-0.1, -0.05) is 0 Å². The fourth-order valence-electron chi connectivity index (χ4n) is 7.37. The summed E-state index contributed by atoms with van der Waals surface area (Å²) in [5.41, 5.74) is 0.168. The van der Waals surface area contributed by atoms with Crippen LogP contribution in [0.4, 0.5) is 0 Å². The van der Waals surface area contributed by atoms with Crippen molar-refractivity contribution in [1.82, 2.24) is 9.21 Å². The van der Waals surface area contributed by atoms with Gasteiger partial charge in [0.1, 0.15) is 5.75 Å². The van der Waals surface area contributed by atoms with Crippen LogP contribution in [0.1, 0.15) is 68.6 Å². The maximum Gasteiger partial charge on any atom is 0.253 e. The highest BCUT2D eigenvalue weighted by Gasteiger charge is 2.54. The van der Waals surface area contributed by atoms with Gasteiger partial charge >= 0.3 is 0 Å². The molecule has 4 aliphatic rings. The van der Waals surface area contributed by atoms with Gasteiger partial charge in [0.05, 0.1) is 18.0 Å². The molecule has 35 heavy (non-hydrogen) atoms. The van der Waals surface area contributed by atoms with Crippen molar-refractivity contribution in [1.29, 1.82) is 0 Å². The molecule has 0 radical (unpaired) electrons. The second-order valence-electron chi connectivity index (χ2n) is 11.5. The van der Waals surface area contributed by atoms with Crippen LogP contribution < -0.4 is 4.74 Å². The number of benzene rings is 1. The molecule has 3 aliphatic carbocycles. The molecular weight excluding hydrogens is 464 g/mol. The van der Waals surface area contributed by atoms with E-state index in [4.69, 9.17) is 4.74 Å². The average Bonchev–Trinajstić information content (AvgIpc) is 3.02. The molecule has 8 heteroatoms. The quantitative estimate of drug-likeness (QED) is 0.614. The highest BCUT2D eigenvalue weighted by atomic mass is 32.2. The van der Waals surface area contributed by atoms with Crippen LogP contribution >= 0.6 is 0 Å². The molecule has 194 valence electrons. The molecule has 1 amide bonds. The highest BCUT2D eigenvalue weighted by Crippen LogP contribution is 2.56. The van der Waals surface area contributed by atoms with Crippen LogP contribution in [0.5, 0.6) is 5.75 Å². The van der Waals surface area contributed by atoms with Crippen molar-refractivity contribution in [2.75, 3.05) is 32.5 Å². The standard InChI is InChI=1S/C27H40N2O5S/c1-3-35(32,33)29-12-10-19(11-13-29)18-34-23-7-5-21(6-8-23)26(30)28(2)25-9-4-20-14-22-16-27(31,15-20)17-24(22)25/h5-8,19-20,22,24-25,31H,3-4,9-18H2,1-2H3. The van der Waals surface area contributed by atoms with Gasteiger partial charge < -0.3 is 14.7 Å². The van der Waals surface area contributed by atoms with Crippen molar-refractivity contribution >= 4 is 15.9 Å². The van der Waals surface area contributed by atoms with Crippen LogP contribution in [0.2, 0.25) is 0 Å². The Hall–Kier alpha value is -1.64. The number of carbonyl (C=O) groups excluding carboxylic acids is 1. The first-order chi connectivity index (χ1) is 16.7. The zero-order valence-corrected chi connectivity index (χ0v) is 21.9. The SMILES string of the molecule is CCS(=O)(=O)N1CCC(COc2ccc(C(=O)N(C)C3CCC4CC5CC(O)(C4)CC53)cc2)CC1. The number of ether oxygens (including phenoxy) is 1. The maximum atomic E-state index is 13.3. The molecule has 7 nitrogen and oxygen atoms in total. The van der Waals surface area contributed by atoms with E-state index in [1.807, 2.05) is 36.2 Å². The molecule has 1 aliphatic heterocycles. The van der Waals surface area contributed by atoms with Crippen molar-refractivity contribution in [2.45, 2.75) is 69.9 Å². The monoisotopic (exact) mass is 504 g/mol. The molecule has 0 spiro atoms. The normalized spacial score (nSPS) is 33.5. The summed E-state index contributed by atoms with van der Waals surface area (Å²) in [5.74, 6) is 2.83. The highest BCUT2D eigenvalue weighted by molar-refractivity contribution is 7.89. The van der Waals surface area contributed by atoms with Crippen molar-refractivity contribution in [3.8, 4) is 5.75 Å². The number of sulfonamides is 1. The molecular formula is C27H40N2O5S. The van der Waals surface area contributed by atoms with Gasteiger partial charge in [-0.15, -0.1) is 0 Å². The van der Waals surface area contributed by atoms with E-state index in [1.165, 1.54) is 6.42 Å². The van der Waals surface area contributed by atoms with Gasteiger partial charge in [-0.25, -0.2) is 12.7 Å². The summed E-state index contributed by atoms with van der Waals surface area (Å²) in [5, 5.41) is 11.0. The van der Waals surface area contributed by atoms with E-state index in [0.29, 0.717) is 48.9 Å². The Labute approximate surface area is 209 Å². The minimum atomic E-state index is -3.11. The van der Waals surface area contributed by atoms with Crippen molar-refractivity contribution in [2.24, 2.45) is 23.7 Å². The third-order valence-corrected chi connectivity index (χ3v) is 11.2. The van der Waals surface area contributed by atoms with Crippen molar-refractivity contribution in [3.63, 3.8) is 0 Å². The number of hydrogen-bond acceptors (Lipinski definition) is 5. The number of amides is 1. The molecule has 1 saturated heterocycles. The Morgan fingerprint density at radius 1 is 1.11 bits per heavy atom. The summed E-state index contributed by atoms with van der Waals surface area (Å²) >= 11 is 0. The van der Waals surface area contributed by atoms with E-state index in [9.17, 15) is 18.3 Å². The van der Waals surface area contributed by atoms with Crippen LogP contribution in [0.15, 0.2) is 24.3 Å². The van der Waals surface area contributed by atoms with E-state index in [1.54, 1.807) is 11.2 Å². The lowest BCUT2D eigenvalue weighted by molar-refractivity contribution is -0.00803. The van der Waals surface area contributed by atoms with E-state index in [2.05, 4.69) is 0 Å². The average molecular weight is 505 g/mol. The summed E-state index contributed by atoms with van der Waals surface area (Å²) in [6.45, 7) is 3.36. The number of hydrogen-bond donors (Lipinski definition) is 1. The maximum absolute atomic E-state index is 13.3. The van der Waals surface area contributed by atoms with E-state index in [-0.39, 0.29) is 17.7 Å². The predicted molar refractivity (Wildman–Crippen MR) is 135 cm³/mol. The van der Waals surface area contributed by atoms with E-state index >= 15 is 0 Å². The zero-order valence-electron chi connectivity index (χ0n) is 21.1. The molecule has 3 saturated carbocycles. The topological polar surface area (TPSA) is 87.2 Å². The third kappa shape index (κ3) is 5.12. The molecule has 1 aromatic rings. The Bertz CT molecular complexity index is 1020. The van der Waals surface area contributed by atoms with Crippen LogP contribution in [0.3, 0.4) is 0 Å². The third-order valence-electron chi connectivity index (χ3n) is 9.27. The molecule has 0 aromatic heterocycles. The van der Waals surface area contributed by atoms with Gasteiger partial charge in [0, 0.05) is 31.7 Å². The molecule has 1 N–H and O–H groups in total. The minimum Gasteiger partial charge on any atom is -0.493 e. The molecule has 4 fully saturated rings. The van der Waals surface area contributed by atoms with Gasteiger partial charge in [0.2, 0.25) is 10.0 Å². The van der Waals surface area contributed by atoms with Crippen LogP contribution in [0.25, 0.3) is 0 Å². The molecule has 5 rings (SSSR count). The van der Waals surface area contributed by atoms with Crippen LogP contribution in [-0.2, 0) is 10.0 Å². The number of rotatable bonds is 7. The molecule has 1 aromatic carbocycles. The van der Waals surface area contributed by atoms with Crippen molar-refractivity contribution in [3.05, 3.63) is 29.8 Å². The smallest absolute Gasteiger partial charge is 0.253 e. The first-order valence-corrected chi connectivity index (χ1v) is 15.0. The van der Waals surface area contributed by atoms with Crippen LogP contribution in [-0.4, -0.2) is 72.8 Å². The second-order valence-corrected chi connectivity index (χ2v) is 13.8. The Kier molecular flexibility index (Phi) is 6.92. The fraction of sp³-hybridized carbons (Fsp3) is 0.741. The van der Waals surface area contributed by atoms with Crippen molar-refractivity contribution < 1.29 is 23.1 Å². The van der Waals surface area contributed by atoms with Gasteiger partial charge in [0.15, 0.2) is 0 Å². The Morgan fingerprint density at radius 3 is 2.51 bits per heavy atom. The molecule has 1 heterocycles. The summed E-state index contributed by atoms with van der Waals surface area (Å²) in [6.07, 6.45) is 7.66. The Balaban J connectivity index is 1.15. The second kappa shape index (κ2) is 9.67. The lowest BCUT2D eigenvalue weighted by atomic mass is 9.77. The number of aliphatic hydroxyl groups is 1. The van der Waals surface area contributed by atoms with E-state index in [0.717, 1.165) is 50.7 Å². The first-order valence-electron chi connectivity index (χ1n) is 13.4. The van der Waals surface area contributed by atoms with Gasteiger partial charge in [-0.2, -0.15) is 0 Å². The first kappa shape index (κ1) is 25.0. The number of carbonyl (C=O) groups is 1. The largest absolute Gasteiger partial charge is 0.493 e. The lowest BCUT2D eigenvalue weighted by Crippen LogP contribution is -2.43. The summed E-state index contributed by atoms with van der Waals surface area (Å²) in [6, 6.07) is 7.61. The molecule has 5 unspecified atom stereocenters. The fourth-order valence-corrected chi connectivity index (χ4v) is 8.50. The Morgan fingerprint density at radius 2 is 1.83 bits per heavy atom. The number of piperidine rings is 1. The lowest BCUT2D eigenvalue weighted by Gasteiger charge is -2.36. The predicted octanol–water partition coefficient (Wildman–Crippen LogP) is 3.53. The minimum absolute atomic E-state index is 0.0410. The van der Waals surface area contributed by atoms with Crippen LogP contribution in [0, 0.1) is 23.7 Å². The summed E-state index contributed by atoms with van der Waals surface area (Å²) in [4.78, 5) is 15.3.